The zero-order valence-corrected chi connectivity index (χ0v) is 14.1. The zero-order chi connectivity index (χ0) is 18.3. The van der Waals surface area contributed by atoms with Gasteiger partial charge in [0.15, 0.2) is 0 Å². The number of fused-ring (bicyclic) bond motifs is 1. The minimum absolute atomic E-state index is 0.296. The van der Waals surface area contributed by atoms with Crippen molar-refractivity contribution >= 4 is 5.97 Å². The van der Waals surface area contributed by atoms with Crippen LogP contribution in [0, 0.1) is 11.8 Å². The molecular weight excluding hydrogens is 328 g/mol. The number of ether oxygens (including phenoxy) is 1. The summed E-state index contributed by atoms with van der Waals surface area (Å²) in [6.45, 7) is 3.45. The normalized spacial score (nSPS) is 31.6. The molecule has 5 unspecified atom stereocenters. The lowest BCUT2D eigenvalue weighted by Gasteiger charge is -2.31. The molecule has 1 aromatic heterocycles. The Hall–Kier alpha value is -2.19. The van der Waals surface area contributed by atoms with Crippen LogP contribution in [0.3, 0.4) is 0 Å². The van der Waals surface area contributed by atoms with Gasteiger partial charge >= 0.3 is 11.7 Å². The van der Waals surface area contributed by atoms with Crippen molar-refractivity contribution in [1.29, 1.82) is 0 Å². The first kappa shape index (κ1) is 17.6. The number of aliphatic hydroxyl groups excluding tert-OH is 2. The van der Waals surface area contributed by atoms with Crippen LogP contribution in [0.2, 0.25) is 0 Å². The van der Waals surface area contributed by atoms with Crippen LogP contribution in [0.1, 0.15) is 32.7 Å². The molecule has 1 aromatic rings. The quantitative estimate of drug-likeness (QED) is 0.509. The second-order valence-electron chi connectivity index (χ2n) is 6.88. The monoisotopic (exact) mass is 350 g/mol. The minimum atomic E-state index is -1.24. The SMILES string of the molecule is CC(C)C(=O)OC1CCC=C2C1C(O)C(O)C2n1ccc(=O)[nH]c1=O. The Morgan fingerprint density at radius 1 is 1.32 bits per heavy atom. The summed E-state index contributed by atoms with van der Waals surface area (Å²) in [5.41, 5.74) is -0.541. The van der Waals surface area contributed by atoms with Crippen LogP contribution >= 0.6 is 0 Å². The first-order valence-corrected chi connectivity index (χ1v) is 8.39. The third kappa shape index (κ3) is 3.07. The predicted octanol–water partition coefficient (Wildman–Crippen LogP) is -0.283. The molecule has 25 heavy (non-hydrogen) atoms. The number of H-pyrrole nitrogens is 1. The minimum Gasteiger partial charge on any atom is -0.461 e. The van der Waals surface area contributed by atoms with Crippen LogP contribution in [-0.4, -0.2) is 44.0 Å². The largest absolute Gasteiger partial charge is 0.461 e. The van der Waals surface area contributed by atoms with Gasteiger partial charge in [-0.15, -0.1) is 0 Å². The second kappa shape index (κ2) is 6.61. The van der Waals surface area contributed by atoms with Crippen molar-refractivity contribution in [1.82, 2.24) is 9.55 Å². The molecule has 2 aliphatic carbocycles. The number of nitrogens with one attached hydrogen (secondary N) is 1. The highest BCUT2D eigenvalue weighted by Crippen LogP contribution is 2.46. The van der Waals surface area contributed by atoms with E-state index in [4.69, 9.17) is 4.74 Å². The van der Waals surface area contributed by atoms with E-state index in [9.17, 15) is 24.6 Å². The van der Waals surface area contributed by atoms with E-state index in [1.807, 2.05) is 6.08 Å². The van der Waals surface area contributed by atoms with E-state index in [2.05, 4.69) is 4.98 Å². The maximum Gasteiger partial charge on any atom is 0.328 e. The summed E-state index contributed by atoms with van der Waals surface area (Å²) in [7, 11) is 0. The van der Waals surface area contributed by atoms with E-state index in [1.54, 1.807) is 13.8 Å². The number of nitrogens with zero attached hydrogens (tertiary/aromatic N) is 1. The maximum absolute atomic E-state index is 12.1. The van der Waals surface area contributed by atoms with E-state index < -0.39 is 41.5 Å². The molecule has 136 valence electrons. The topological polar surface area (TPSA) is 122 Å². The average Bonchev–Trinajstić information content (AvgIpc) is 2.80. The average molecular weight is 350 g/mol. The standard InChI is InChI=1S/C17H22N2O6/c1-8(2)16(23)25-10-5-3-4-9-12(10)14(21)15(22)13(9)19-7-6-11(20)18-17(19)24/h4,6-8,10,12-15,21-22H,3,5H2,1-2H3,(H,18,20,24). The van der Waals surface area contributed by atoms with Crippen LogP contribution in [0.15, 0.2) is 33.5 Å². The van der Waals surface area contributed by atoms with Gasteiger partial charge in [0.25, 0.3) is 5.56 Å². The Bertz CT molecular complexity index is 808. The van der Waals surface area contributed by atoms with Gasteiger partial charge in [-0.3, -0.25) is 19.1 Å². The fourth-order valence-corrected chi connectivity index (χ4v) is 3.66. The summed E-state index contributed by atoms with van der Waals surface area (Å²) in [6.07, 6.45) is 1.36. The number of hydrogen-bond acceptors (Lipinski definition) is 6. The predicted molar refractivity (Wildman–Crippen MR) is 87.9 cm³/mol. The smallest absolute Gasteiger partial charge is 0.328 e. The molecule has 0 amide bonds. The number of allylic oxidation sites excluding steroid dienone is 1. The first-order valence-electron chi connectivity index (χ1n) is 8.39. The van der Waals surface area contributed by atoms with Gasteiger partial charge in [-0.05, 0) is 18.4 Å². The number of rotatable bonds is 3. The van der Waals surface area contributed by atoms with E-state index in [-0.39, 0.29) is 11.9 Å². The molecule has 5 atom stereocenters. The number of hydrogen-bond donors (Lipinski definition) is 3. The van der Waals surface area contributed by atoms with E-state index >= 15 is 0 Å². The number of carbonyl (C=O) groups is 1. The molecule has 0 saturated heterocycles. The van der Waals surface area contributed by atoms with Crippen molar-refractivity contribution < 1.29 is 19.7 Å². The summed E-state index contributed by atoms with van der Waals surface area (Å²) in [4.78, 5) is 37.5. The molecule has 0 aliphatic heterocycles. The molecular formula is C17H22N2O6. The molecule has 1 saturated carbocycles. The molecule has 3 N–H and O–H groups in total. The Kier molecular flexibility index (Phi) is 4.66. The van der Waals surface area contributed by atoms with E-state index in [0.717, 1.165) is 0 Å². The Morgan fingerprint density at radius 2 is 2.04 bits per heavy atom. The number of aromatic nitrogens is 2. The lowest BCUT2D eigenvalue weighted by atomic mass is 9.85. The number of aromatic amines is 1. The zero-order valence-electron chi connectivity index (χ0n) is 14.1. The second-order valence-corrected chi connectivity index (χ2v) is 6.88. The fourth-order valence-electron chi connectivity index (χ4n) is 3.66. The molecule has 0 aromatic carbocycles. The van der Waals surface area contributed by atoms with Gasteiger partial charge in [-0.2, -0.15) is 0 Å². The van der Waals surface area contributed by atoms with Gasteiger partial charge in [-0.1, -0.05) is 19.9 Å². The highest BCUT2D eigenvalue weighted by molar-refractivity contribution is 5.71. The van der Waals surface area contributed by atoms with Gasteiger partial charge in [-0.25, -0.2) is 4.79 Å². The number of carbonyl (C=O) groups excluding carboxylic acids is 1. The summed E-state index contributed by atoms with van der Waals surface area (Å²) in [5.74, 6) is -1.23. The number of esters is 1. The first-order chi connectivity index (χ1) is 11.8. The third-order valence-corrected chi connectivity index (χ3v) is 4.89. The van der Waals surface area contributed by atoms with Gasteiger partial charge in [0.05, 0.1) is 18.1 Å². The molecule has 0 spiro atoms. The van der Waals surface area contributed by atoms with Crippen LogP contribution in [0.5, 0.6) is 0 Å². The lowest BCUT2D eigenvalue weighted by Crippen LogP contribution is -2.38. The summed E-state index contributed by atoms with van der Waals surface area (Å²) >= 11 is 0. The van der Waals surface area contributed by atoms with Crippen molar-refractivity contribution in [3.8, 4) is 0 Å². The Morgan fingerprint density at radius 3 is 2.68 bits per heavy atom. The third-order valence-electron chi connectivity index (χ3n) is 4.89. The Balaban J connectivity index is 1.96. The van der Waals surface area contributed by atoms with Crippen molar-refractivity contribution in [2.45, 2.75) is 51.0 Å². The van der Waals surface area contributed by atoms with Crippen molar-refractivity contribution in [3.63, 3.8) is 0 Å². The molecule has 0 bridgehead atoms. The molecule has 2 aliphatic rings. The summed E-state index contributed by atoms with van der Waals surface area (Å²) < 4.78 is 6.73. The molecule has 1 fully saturated rings. The fraction of sp³-hybridized carbons (Fsp3) is 0.588. The van der Waals surface area contributed by atoms with Gasteiger partial charge in [0.2, 0.25) is 0 Å². The molecule has 0 radical (unpaired) electrons. The van der Waals surface area contributed by atoms with Crippen molar-refractivity contribution in [3.05, 3.63) is 44.8 Å². The van der Waals surface area contributed by atoms with E-state index in [0.29, 0.717) is 18.4 Å². The molecule has 8 heteroatoms. The lowest BCUT2D eigenvalue weighted by molar-refractivity contribution is -0.158. The molecule has 1 heterocycles. The van der Waals surface area contributed by atoms with Crippen molar-refractivity contribution in [2.75, 3.05) is 0 Å². The highest BCUT2D eigenvalue weighted by Gasteiger charge is 2.51. The summed E-state index contributed by atoms with van der Waals surface area (Å²) in [6, 6.07) is 0.387. The van der Waals surface area contributed by atoms with Gasteiger partial charge < -0.3 is 14.9 Å². The Labute approximate surface area is 143 Å². The molecule has 3 rings (SSSR count). The van der Waals surface area contributed by atoms with Crippen LogP contribution < -0.4 is 11.2 Å². The summed E-state index contributed by atoms with van der Waals surface area (Å²) in [5, 5.41) is 21.0. The van der Waals surface area contributed by atoms with Crippen LogP contribution in [-0.2, 0) is 9.53 Å². The van der Waals surface area contributed by atoms with Crippen LogP contribution in [0.4, 0.5) is 0 Å². The van der Waals surface area contributed by atoms with Gasteiger partial charge in [0, 0.05) is 18.2 Å². The molecule has 8 nitrogen and oxygen atoms in total. The van der Waals surface area contributed by atoms with Crippen molar-refractivity contribution in [2.24, 2.45) is 11.8 Å². The number of aliphatic hydroxyl groups is 2. The maximum atomic E-state index is 12.1. The highest BCUT2D eigenvalue weighted by atomic mass is 16.5. The van der Waals surface area contributed by atoms with E-state index in [1.165, 1.54) is 16.8 Å². The van der Waals surface area contributed by atoms with Gasteiger partial charge in [0.1, 0.15) is 12.2 Å². The van der Waals surface area contributed by atoms with Crippen LogP contribution in [0.25, 0.3) is 0 Å².